The van der Waals surface area contributed by atoms with E-state index in [-0.39, 0.29) is 21.7 Å². The minimum absolute atomic E-state index is 0.106. The standard InChI is InChI=1S/C68H68N6/c1-41-23-26-58-53(31-41)50-19-15-17-21-56(50)73(58)60-28-25-43(37-55(60)52-29-30-69-40-61(52)74-57-22-18-16-20-51(57)54-32-42(2)24-27-59(54)74)62-70-63(44-33-46(65(3,4)5)38-47(34-44)66(6,7)8)72-64(71-62)45-35-48(67(9,10)11)39-49(36-45)68(12,13)14/h15-40H,1-14H3. The normalized spacial score (nSPS) is 12.7. The van der Waals surface area contributed by atoms with Gasteiger partial charge in [-0.3, -0.25) is 4.98 Å². The quantitative estimate of drug-likeness (QED) is 0.167. The number of hydrogen-bond acceptors (Lipinski definition) is 4. The summed E-state index contributed by atoms with van der Waals surface area (Å²) in [6, 6.07) is 53.9. The number of rotatable bonds is 6. The van der Waals surface area contributed by atoms with Crippen molar-refractivity contribution >= 4 is 43.6 Å². The molecular formula is C68H68N6. The van der Waals surface area contributed by atoms with E-state index >= 15 is 0 Å². The average Bonchev–Trinajstić information content (AvgIpc) is 3.87. The second-order valence-electron chi connectivity index (χ2n) is 24.8. The van der Waals surface area contributed by atoms with Gasteiger partial charge in [-0.2, -0.15) is 0 Å². The second-order valence-corrected chi connectivity index (χ2v) is 24.8. The third kappa shape index (κ3) is 8.68. The molecule has 0 fully saturated rings. The molecule has 0 N–H and O–H groups in total. The smallest absolute Gasteiger partial charge is 0.164 e. The van der Waals surface area contributed by atoms with Crippen LogP contribution >= 0.6 is 0 Å². The van der Waals surface area contributed by atoms with Gasteiger partial charge in [-0.25, -0.2) is 15.0 Å². The van der Waals surface area contributed by atoms with E-state index < -0.39 is 0 Å². The first-order valence-electron chi connectivity index (χ1n) is 26.2. The number of fused-ring (bicyclic) bond motifs is 6. The predicted molar refractivity (Wildman–Crippen MR) is 312 cm³/mol. The average molecular weight is 969 g/mol. The van der Waals surface area contributed by atoms with E-state index in [0.29, 0.717) is 17.5 Å². The topological polar surface area (TPSA) is 61.4 Å². The van der Waals surface area contributed by atoms with E-state index in [2.05, 4.69) is 252 Å². The van der Waals surface area contributed by atoms with Gasteiger partial charge in [0.1, 0.15) is 0 Å². The molecule has 0 aliphatic rings. The number of aromatic nitrogens is 6. The van der Waals surface area contributed by atoms with E-state index in [4.69, 9.17) is 19.9 Å². The molecule has 0 saturated heterocycles. The molecule has 0 saturated carbocycles. The monoisotopic (exact) mass is 969 g/mol. The first kappa shape index (κ1) is 48.6. The van der Waals surface area contributed by atoms with Crippen LogP contribution in [0, 0.1) is 13.8 Å². The summed E-state index contributed by atoms with van der Waals surface area (Å²) >= 11 is 0. The zero-order chi connectivity index (χ0) is 52.2. The van der Waals surface area contributed by atoms with Gasteiger partial charge in [-0.15, -0.1) is 0 Å². The second kappa shape index (κ2) is 17.5. The maximum absolute atomic E-state index is 5.54. The molecule has 6 nitrogen and oxygen atoms in total. The van der Waals surface area contributed by atoms with Crippen LogP contribution in [0.4, 0.5) is 0 Å². The summed E-state index contributed by atoms with van der Waals surface area (Å²) in [7, 11) is 0. The zero-order valence-electron chi connectivity index (χ0n) is 45.7. The van der Waals surface area contributed by atoms with Gasteiger partial charge in [0.05, 0.1) is 39.6 Å². The van der Waals surface area contributed by atoms with E-state index in [9.17, 15) is 0 Å². The van der Waals surface area contributed by atoms with Gasteiger partial charge >= 0.3 is 0 Å². The molecule has 7 aromatic carbocycles. The fourth-order valence-corrected chi connectivity index (χ4v) is 10.6. The van der Waals surface area contributed by atoms with Crippen LogP contribution in [-0.4, -0.2) is 29.1 Å². The van der Waals surface area contributed by atoms with E-state index in [1.807, 2.05) is 12.4 Å². The Hall–Kier alpha value is -7.70. The Bertz CT molecular complexity index is 3860. The minimum Gasteiger partial charge on any atom is -0.309 e. The Kier molecular flexibility index (Phi) is 11.5. The number of nitrogens with zero attached hydrogens (tertiary/aromatic N) is 6. The summed E-state index contributed by atoms with van der Waals surface area (Å²) in [5.41, 5.74) is 18.4. The van der Waals surface area contributed by atoms with Crippen LogP contribution in [0.5, 0.6) is 0 Å². The van der Waals surface area contributed by atoms with Crippen LogP contribution in [0.15, 0.2) is 158 Å². The minimum atomic E-state index is -0.106. The maximum Gasteiger partial charge on any atom is 0.164 e. The molecule has 11 aromatic rings. The van der Waals surface area contributed by atoms with Crippen molar-refractivity contribution in [2.45, 2.75) is 119 Å². The summed E-state index contributed by atoms with van der Waals surface area (Å²) in [5.74, 6) is 1.90. The molecule has 11 rings (SSSR count). The van der Waals surface area contributed by atoms with Gasteiger partial charge in [0.2, 0.25) is 0 Å². The van der Waals surface area contributed by atoms with Crippen molar-refractivity contribution in [1.82, 2.24) is 29.1 Å². The molecule has 74 heavy (non-hydrogen) atoms. The van der Waals surface area contributed by atoms with Gasteiger partial charge in [-0.05, 0) is 143 Å². The Morgan fingerprint density at radius 3 is 1.19 bits per heavy atom. The Balaban J connectivity index is 1.24. The van der Waals surface area contributed by atoms with Crippen molar-refractivity contribution in [3.8, 4) is 56.7 Å². The molecule has 0 radical (unpaired) electrons. The summed E-state index contributed by atoms with van der Waals surface area (Å²) < 4.78 is 4.83. The highest BCUT2D eigenvalue weighted by Crippen LogP contribution is 2.43. The number of benzene rings is 7. The molecular weight excluding hydrogens is 901 g/mol. The third-order valence-electron chi connectivity index (χ3n) is 15.0. The van der Waals surface area contributed by atoms with Gasteiger partial charge in [-0.1, -0.05) is 155 Å². The Labute approximate surface area is 437 Å². The SMILES string of the molecule is Cc1ccc2c(c1)c1ccccc1n2-c1ccc(-c2nc(-c3cc(C(C)(C)C)cc(C(C)(C)C)c3)nc(-c3cc(C(C)(C)C)cc(C(C)(C)C)c3)n2)cc1-c1ccncc1-n1c2ccccc2c2cc(C)ccc21. The van der Waals surface area contributed by atoms with Crippen molar-refractivity contribution in [2.24, 2.45) is 0 Å². The van der Waals surface area contributed by atoms with Crippen LogP contribution in [-0.2, 0) is 21.7 Å². The van der Waals surface area contributed by atoms with Gasteiger partial charge in [0, 0.05) is 55.6 Å². The molecule has 0 spiro atoms. The van der Waals surface area contributed by atoms with Crippen molar-refractivity contribution in [1.29, 1.82) is 0 Å². The molecule has 4 heterocycles. The lowest BCUT2D eigenvalue weighted by atomic mass is 9.79. The first-order valence-corrected chi connectivity index (χ1v) is 26.2. The molecule has 0 unspecified atom stereocenters. The third-order valence-corrected chi connectivity index (χ3v) is 15.0. The van der Waals surface area contributed by atoms with Crippen LogP contribution in [0.25, 0.3) is 100 Å². The fourth-order valence-electron chi connectivity index (χ4n) is 10.6. The van der Waals surface area contributed by atoms with Crippen LogP contribution in [0.3, 0.4) is 0 Å². The number of aryl methyl sites for hydroxylation is 2. The predicted octanol–water partition coefficient (Wildman–Crippen LogP) is 17.9. The number of para-hydroxylation sites is 2. The molecule has 0 amide bonds. The molecule has 6 heteroatoms. The van der Waals surface area contributed by atoms with Crippen molar-refractivity contribution in [3.05, 3.63) is 191 Å². The largest absolute Gasteiger partial charge is 0.309 e. The van der Waals surface area contributed by atoms with E-state index in [1.165, 1.54) is 54.9 Å². The van der Waals surface area contributed by atoms with E-state index in [0.717, 1.165) is 61.3 Å². The lowest BCUT2D eigenvalue weighted by Crippen LogP contribution is -2.17. The Morgan fingerprint density at radius 1 is 0.338 bits per heavy atom. The summed E-state index contributed by atoms with van der Waals surface area (Å²) in [6.45, 7) is 31.7. The van der Waals surface area contributed by atoms with Gasteiger partial charge in [0.25, 0.3) is 0 Å². The lowest BCUT2D eigenvalue weighted by Gasteiger charge is -2.26. The highest BCUT2D eigenvalue weighted by molar-refractivity contribution is 6.11. The summed E-state index contributed by atoms with van der Waals surface area (Å²) in [5, 5.41) is 4.84. The fraction of sp³-hybridized carbons (Fsp3) is 0.265. The van der Waals surface area contributed by atoms with Gasteiger partial charge < -0.3 is 9.13 Å². The van der Waals surface area contributed by atoms with Crippen LogP contribution in [0.1, 0.15) is 116 Å². The molecule has 0 bridgehead atoms. The van der Waals surface area contributed by atoms with Crippen molar-refractivity contribution in [3.63, 3.8) is 0 Å². The van der Waals surface area contributed by atoms with Crippen LogP contribution in [0.2, 0.25) is 0 Å². The maximum atomic E-state index is 5.54. The lowest BCUT2D eigenvalue weighted by molar-refractivity contribution is 0.568. The zero-order valence-corrected chi connectivity index (χ0v) is 45.7. The highest BCUT2D eigenvalue weighted by Gasteiger charge is 2.27. The molecule has 0 aliphatic carbocycles. The highest BCUT2D eigenvalue weighted by atomic mass is 15.0. The summed E-state index contributed by atoms with van der Waals surface area (Å²) in [4.78, 5) is 21.4. The number of hydrogen-bond donors (Lipinski definition) is 0. The Morgan fingerprint density at radius 2 is 0.743 bits per heavy atom. The molecule has 370 valence electrons. The first-order chi connectivity index (χ1) is 35.0. The van der Waals surface area contributed by atoms with Crippen LogP contribution < -0.4 is 0 Å². The van der Waals surface area contributed by atoms with Crippen molar-refractivity contribution in [2.75, 3.05) is 0 Å². The summed E-state index contributed by atoms with van der Waals surface area (Å²) in [6.07, 6.45) is 3.95. The van der Waals surface area contributed by atoms with E-state index in [1.54, 1.807) is 0 Å². The molecule has 0 atom stereocenters. The number of pyridine rings is 1. The molecule has 4 aromatic heterocycles. The van der Waals surface area contributed by atoms with Gasteiger partial charge in [0.15, 0.2) is 17.5 Å². The van der Waals surface area contributed by atoms with Crippen molar-refractivity contribution < 1.29 is 0 Å². The molecule has 0 aliphatic heterocycles.